The molecule has 1 atom stereocenters. The van der Waals surface area contributed by atoms with E-state index in [0.29, 0.717) is 12.5 Å². The van der Waals surface area contributed by atoms with Gasteiger partial charge in [-0.2, -0.15) is 0 Å². The first-order valence-electron chi connectivity index (χ1n) is 5.02. The number of allylic oxidation sites excluding steroid dienone is 1. The maximum Gasteiger partial charge on any atom is 0.107 e. The van der Waals surface area contributed by atoms with E-state index in [0.717, 1.165) is 18.4 Å². The van der Waals surface area contributed by atoms with Crippen molar-refractivity contribution in [2.24, 2.45) is 0 Å². The van der Waals surface area contributed by atoms with Gasteiger partial charge in [-0.25, -0.2) is 9.78 Å². The van der Waals surface area contributed by atoms with E-state index >= 15 is 0 Å². The van der Waals surface area contributed by atoms with Crippen LogP contribution < -0.4 is 0 Å². The maximum atomic E-state index is 5.75. The Kier molecular flexibility index (Phi) is 7.88. The van der Waals surface area contributed by atoms with E-state index in [-0.39, 0.29) is 10.4 Å². The molecule has 0 amide bonds. The Bertz CT molecular complexity index is 190. The summed E-state index contributed by atoms with van der Waals surface area (Å²) in [5, 5.41) is 0. The molecule has 0 aliphatic carbocycles. The first kappa shape index (κ1) is 15.4. The van der Waals surface area contributed by atoms with Crippen molar-refractivity contribution in [1.29, 1.82) is 0 Å². The standard InChI is InChI=1S/C11H20BrClO2/c1-9(2)5-6-10(7-13)15-14-8-11(3,4)12/h10H,1,5-8H2,2-4H3. The van der Waals surface area contributed by atoms with Crippen LogP contribution in [-0.2, 0) is 9.78 Å². The van der Waals surface area contributed by atoms with Crippen molar-refractivity contribution in [3.05, 3.63) is 12.2 Å². The molecule has 0 aromatic carbocycles. The zero-order chi connectivity index (χ0) is 11.9. The fourth-order valence-electron chi connectivity index (χ4n) is 0.829. The van der Waals surface area contributed by atoms with E-state index in [4.69, 9.17) is 21.4 Å². The van der Waals surface area contributed by atoms with Gasteiger partial charge in [0.25, 0.3) is 0 Å². The summed E-state index contributed by atoms with van der Waals surface area (Å²) in [6.45, 7) is 10.3. The van der Waals surface area contributed by atoms with Gasteiger partial charge < -0.3 is 0 Å². The minimum absolute atomic E-state index is 0.0572. The largest absolute Gasteiger partial charge is 0.235 e. The first-order chi connectivity index (χ1) is 6.85. The number of halogens is 2. The van der Waals surface area contributed by atoms with Crippen molar-refractivity contribution in [3.63, 3.8) is 0 Å². The Balaban J connectivity index is 3.66. The SMILES string of the molecule is C=C(C)CCC(CCl)OOCC(C)(C)Br. The summed E-state index contributed by atoms with van der Waals surface area (Å²) in [5.41, 5.74) is 1.13. The molecular formula is C11H20BrClO2. The molecule has 0 saturated heterocycles. The maximum absolute atomic E-state index is 5.75. The molecule has 15 heavy (non-hydrogen) atoms. The molecule has 0 heterocycles. The summed E-state index contributed by atoms with van der Waals surface area (Å²) in [5.74, 6) is 0.440. The second-order valence-electron chi connectivity index (χ2n) is 4.35. The third kappa shape index (κ3) is 10.7. The predicted octanol–water partition coefficient (Wildman–Crippen LogP) is 4.07. The van der Waals surface area contributed by atoms with Crippen molar-refractivity contribution < 1.29 is 9.78 Å². The van der Waals surface area contributed by atoms with Gasteiger partial charge >= 0.3 is 0 Å². The molecule has 0 aliphatic rings. The molecule has 0 saturated carbocycles. The quantitative estimate of drug-likeness (QED) is 0.291. The van der Waals surface area contributed by atoms with Gasteiger partial charge in [-0.15, -0.1) is 18.2 Å². The lowest BCUT2D eigenvalue weighted by molar-refractivity contribution is -0.322. The third-order valence-corrected chi connectivity index (χ3v) is 2.24. The molecule has 4 heteroatoms. The highest BCUT2D eigenvalue weighted by molar-refractivity contribution is 9.10. The molecule has 0 radical (unpaired) electrons. The predicted molar refractivity (Wildman–Crippen MR) is 68.6 cm³/mol. The molecule has 2 nitrogen and oxygen atoms in total. The Hall–Kier alpha value is 0.430. The molecule has 90 valence electrons. The lowest BCUT2D eigenvalue weighted by atomic mass is 10.1. The van der Waals surface area contributed by atoms with Crippen LogP contribution in [0.1, 0.15) is 33.6 Å². The van der Waals surface area contributed by atoms with Crippen LogP contribution in [0.3, 0.4) is 0 Å². The van der Waals surface area contributed by atoms with Gasteiger partial charge in [0.15, 0.2) is 0 Å². The molecule has 0 aromatic heterocycles. The third-order valence-electron chi connectivity index (χ3n) is 1.67. The summed E-state index contributed by atoms with van der Waals surface area (Å²) in [4.78, 5) is 10.3. The molecule has 0 fully saturated rings. The highest BCUT2D eigenvalue weighted by atomic mass is 79.9. The van der Waals surface area contributed by atoms with Gasteiger partial charge in [0.2, 0.25) is 0 Å². The van der Waals surface area contributed by atoms with Gasteiger partial charge in [0, 0.05) is 4.32 Å². The molecule has 0 aromatic rings. The van der Waals surface area contributed by atoms with Gasteiger partial charge in [-0.1, -0.05) is 21.5 Å². The van der Waals surface area contributed by atoms with Gasteiger partial charge in [0.1, 0.15) is 6.10 Å². The second kappa shape index (κ2) is 7.66. The van der Waals surface area contributed by atoms with Gasteiger partial charge in [-0.05, 0) is 33.6 Å². The van der Waals surface area contributed by atoms with Crippen LogP contribution in [0, 0.1) is 0 Å². The summed E-state index contributed by atoms with van der Waals surface area (Å²) in [6, 6.07) is 0. The highest BCUT2D eigenvalue weighted by Gasteiger charge is 2.15. The van der Waals surface area contributed by atoms with E-state index in [2.05, 4.69) is 22.5 Å². The molecule has 0 aliphatic heterocycles. The monoisotopic (exact) mass is 298 g/mol. The number of rotatable bonds is 8. The molecule has 0 N–H and O–H groups in total. The zero-order valence-corrected chi connectivity index (χ0v) is 12.0. The minimum atomic E-state index is -0.0712. The first-order valence-corrected chi connectivity index (χ1v) is 6.35. The van der Waals surface area contributed by atoms with E-state index < -0.39 is 0 Å². The van der Waals surface area contributed by atoms with E-state index in [9.17, 15) is 0 Å². The van der Waals surface area contributed by atoms with Crippen molar-refractivity contribution in [3.8, 4) is 0 Å². The highest BCUT2D eigenvalue weighted by Crippen LogP contribution is 2.17. The second-order valence-corrected chi connectivity index (χ2v) is 6.80. The average molecular weight is 300 g/mol. The van der Waals surface area contributed by atoms with Crippen LogP contribution in [-0.4, -0.2) is 22.9 Å². The van der Waals surface area contributed by atoms with E-state index in [1.54, 1.807) is 0 Å². The van der Waals surface area contributed by atoms with Crippen LogP contribution in [0.15, 0.2) is 12.2 Å². The molecular weight excluding hydrogens is 279 g/mol. The summed E-state index contributed by atoms with van der Waals surface area (Å²) in [7, 11) is 0. The van der Waals surface area contributed by atoms with Crippen molar-refractivity contribution >= 4 is 27.5 Å². The topological polar surface area (TPSA) is 18.5 Å². The van der Waals surface area contributed by atoms with E-state index in [1.165, 1.54) is 0 Å². The zero-order valence-electron chi connectivity index (χ0n) is 9.69. The van der Waals surface area contributed by atoms with Crippen LogP contribution in [0.25, 0.3) is 0 Å². The van der Waals surface area contributed by atoms with Crippen LogP contribution in [0.2, 0.25) is 0 Å². The minimum Gasteiger partial charge on any atom is -0.235 e. The average Bonchev–Trinajstić information content (AvgIpc) is 2.08. The molecule has 0 bridgehead atoms. The van der Waals surface area contributed by atoms with Crippen LogP contribution in [0.5, 0.6) is 0 Å². The summed E-state index contributed by atoms with van der Waals surface area (Å²) < 4.78 is -0.0712. The molecule has 0 spiro atoms. The van der Waals surface area contributed by atoms with E-state index in [1.807, 2.05) is 20.8 Å². The fraction of sp³-hybridized carbons (Fsp3) is 0.818. The fourth-order valence-corrected chi connectivity index (χ4v) is 1.13. The smallest absolute Gasteiger partial charge is 0.107 e. The number of alkyl halides is 2. The normalized spacial score (nSPS) is 13.9. The summed E-state index contributed by atoms with van der Waals surface area (Å²) in [6.07, 6.45) is 1.71. The Morgan fingerprint density at radius 3 is 2.53 bits per heavy atom. The lowest BCUT2D eigenvalue weighted by Gasteiger charge is -2.18. The lowest BCUT2D eigenvalue weighted by Crippen LogP contribution is -2.23. The van der Waals surface area contributed by atoms with Crippen LogP contribution >= 0.6 is 27.5 Å². The number of hydrogen-bond donors (Lipinski definition) is 0. The Labute approximate surface area is 106 Å². The summed E-state index contributed by atoms with van der Waals surface area (Å²) >= 11 is 9.22. The molecule has 1 unspecified atom stereocenters. The van der Waals surface area contributed by atoms with Crippen molar-refractivity contribution in [1.82, 2.24) is 0 Å². The Morgan fingerprint density at radius 1 is 1.53 bits per heavy atom. The number of hydrogen-bond acceptors (Lipinski definition) is 2. The molecule has 0 rings (SSSR count). The van der Waals surface area contributed by atoms with Gasteiger partial charge in [0.05, 0.1) is 12.5 Å². The Morgan fingerprint density at radius 2 is 2.13 bits per heavy atom. The van der Waals surface area contributed by atoms with Crippen LogP contribution in [0.4, 0.5) is 0 Å². The van der Waals surface area contributed by atoms with Crippen molar-refractivity contribution in [2.75, 3.05) is 12.5 Å². The van der Waals surface area contributed by atoms with Gasteiger partial charge in [-0.3, -0.25) is 0 Å². The van der Waals surface area contributed by atoms with Crippen molar-refractivity contribution in [2.45, 2.75) is 44.0 Å².